The minimum atomic E-state index is -0.933. The highest BCUT2D eigenvalue weighted by atomic mass is 32.1. The van der Waals surface area contributed by atoms with Crippen LogP contribution in [0.15, 0.2) is 0 Å². The van der Waals surface area contributed by atoms with Crippen molar-refractivity contribution in [1.82, 2.24) is 0 Å². The molecule has 1 atom stereocenters. The van der Waals surface area contributed by atoms with Gasteiger partial charge in [-0.15, -0.1) is 0 Å². The molecular weight excluding hydrogens is 188 g/mol. The summed E-state index contributed by atoms with van der Waals surface area (Å²) in [6.45, 7) is 2.59. The first-order valence-electron chi connectivity index (χ1n) is 4.39. The van der Waals surface area contributed by atoms with E-state index in [0.29, 0.717) is 13.0 Å². The fourth-order valence-electron chi connectivity index (χ4n) is 0.632. The Morgan fingerprint density at radius 2 is 2.00 bits per heavy atom. The number of nitrogens with two attached hydrogens (primary N) is 2. The normalized spacial score (nSPS) is 11.4. The van der Waals surface area contributed by atoms with Gasteiger partial charge in [0.05, 0.1) is 0 Å². The van der Waals surface area contributed by atoms with E-state index in [1.165, 1.54) is 0 Å². The number of carboxylic acids is 1. The summed E-state index contributed by atoms with van der Waals surface area (Å²) < 4.78 is 0. The molecule has 0 aromatic heterocycles. The standard InChI is InChI=1S/C6H14N2O2.C2H6S/c7-4-2-1-3-5(8)6(9)10;1-2-3/h5H,1-4,7-8H2,(H,9,10);3H,2H2,1H3. The predicted molar refractivity (Wildman–Crippen MR) is 58.0 cm³/mol. The molecule has 0 rings (SSSR count). The Hall–Kier alpha value is -0.260. The topological polar surface area (TPSA) is 89.3 Å². The van der Waals surface area contributed by atoms with Crippen molar-refractivity contribution in [2.75, 3.05) is 12.3 Å². The van der Waals surface area contributed by atoms with Gasteiger partial charge in [0.25, 0.3) is 0 Å². The van der Waals surface area contributed by atoms with Crippen LogP contribution in [0.1, 0.15) is 26.2 Å². The number of thiol groups is 1. The van der Waals surface area contributed by atoms with Crippen LogP contribution in [0.25, 0.3) is 0 Å². The highest BCUT2D eigenvalue weighted by molar-refractivity contribution is 7.80. The highest BCUT2D eigenvalue weighted by Crippen LogP contribution is 1.96. The molecule has 0 spiro atoms. The van der Waals surface area contributed by atoms with Crippen LogP contribution in [0.2, 0.25) is 0 Å². The van der Waals surface area contributed by atoms with Crippen LogP contribution in [0.3, 0.4) is 0 Å². The molecule has 80 valence electrons. The van der Waals surface area contributed by atoms with Crippen LogP contribution in [0, 0.1) is 0 Å². The number of hydrogen-bond donors (Lipinski definition) is 4. The SMILES string of the molecule is CCS.NCCCCC(N)C(=O)O. The molecule has 0 fully saturated rings. The van der Waals surface area contributed by atoms with E-state index < -0.39 is 12.0 Å². The van der Waals surface area contributed by atoms with E-state index in [1.807, 2.05) is 6.92 Å². The second-order valence-electron chi connectivity index (χ2n) is 2.55. The fraction of sp³-hybridized carbons (Fsp3) is 0.875. The molecule has 0 saturated carbocycles. The predicted octanol–water partition coefficient (Wildman–Crippen LogP) is 0.463. The number of carboxylic acid groups (broad SMARTS) is 1. The maximum absolute atomic E-state index is 10.1. The quantitative estimate of drug-likeness (QED) is 0.390. The smallest absolute Gasteiger partial charge is 0.320 e. The molecule has 0 aliphatic carbocycles. The third kappa shape index (κ3) is 14.6. The molecule has 1 unspecified atom stereocenters. The summed E-state index contributed by atoms with van der Waals surface area (Å²) in [6.07, 6.45) is 2.16. The third-order valence-electron chi connectivity index (χ3n) is 1.29. The molecule has 4 nitrogen and oxygen atoms in total. The number of carbonyl (C=O) groups is 1. The summed E-state index contributed by atoms with van der Waals surface area (Å²) in [4.78, 5) is 10.1. The maximum Gasteiger partial charge on any atom is 0.320 e. The monoisotopic (exact) mass is 208 g/mol. The molecule has 5 heteroatoms. The number of unbranched alkanes of at least 4 members (excludes halogenated alkanes) is 1. The van der Waals surface area contributed by atoms with E-state index in [0.717, 1.165) is 18.6 Å². The van der Waals surface area contributed by atoms with Crippen molar-refractivity contribution < 1.29 is 9.90 Å². The third-order valence-corrected chi connectivity index (χ3v) is 1.29. The molecule has 13 heavy (non-hydrogen) atoms. The second kappa shape index (κ2) is 11.7. The lowest BCUT2D eigenvalue weighted by Gasteiger charge is -2.03. The van der Waals surface area contributed by atoms with Crippen molar-refractivity contribution in [2.45, 2.75) is 32.2 Å². The Labute approximate surface area is 85.1 Å². The molecule has 0 amide bonds. The summed E-state index contributed by atoms with van der Waals surface area (Å²) in [6, 6.07) is -0.716. The molecule has 0 aromatic carbocycles. The summed E-state index contributed by atoms with van der Waals surface area (Å²) >= 11 is 3.79. The van der Waals surface area contributed by atoms with Gasteiger partial charge in [0.15, 0.2) is 0 Å². The van der Waals surface area contributed by atoms with Crippen LogP contribution in [0.4, 0.5) is 0 Å². The van der Waals surface area contributed by atoms with E-state index in [-0.39, 0.29) is 0 Å². The van der Waals surface area contributed by atoms with Gasteiger partial charge in [0.2, 0.25) is 0 Å². The Morgan fingerprint density at radius 1 is 1.54 bits per heavy atom. The van der Waals surface area contributed by atoms with Gasteiger partial charge in [-0.25, -0.2) is 0 Å². The van der Waals surface area contributed by atoms with Gasteiger partial charge >= 0.3 is 5.97 Å². The summed E-state index contributed by atoms with van der Waals surface area (Å²) in [5, 5.41) is 8.33. The van der Waals surface area contributed by atoms with Gasteiger partial charge in [-0.05, 0) is 25.1 Å². The number of rotatable bonds is 5. The van der Waals surface area contributed by atoms with E-state index in [1.54, 1.807) is 0 Å². The van der Waals surface area contributed by atoms with E-state index in [2.05, 4.69) is 12.6 Å². The second-order valence-corrected chi connectivity index (χ2v) is 3.18. The summed E-state index contributed by atoms with van der Waals surface area (Å²) in [7, 11) is 0. The largest absolute Gasteiger partial charge is 0.480 e. The lowest BCUT2D eigenvalue weighted by atomic mass is 10.1. The molecule has 0 aromatic rings. The van der Waals surface area contributed by atoms with E-state index in [9.17, 15) is 4.79 Å². The van der Waals surface area contributed by atoms with Crippen LogP contribution in [-0.4, -0.2) is 29.4 Å². The van der Waals surface area contributed by atoms with Gasteiger partial charge in [0.1, 0.15) is 6.04 Å². The minimum Gasteiger partial charge on any atom is -0.480 e. The molecule has 0 bridgehead atoms. The van der Waals surface area contributed by atoms with Gasteiger partial charge < -0.3 is 16.6 Å². The Bertz CT molecular complexity index is 123. The minimum absolute atomic E-state index is 0.520. The van der Waals surface area contributed by atoms with Crippen LogP contribution < -0.4 is 11.5 Å². The molecule has 0 saturated heterocycles. The first kappa shape index (κ1) is 15.2. The van der Waals surface area contributed by atoms with Gasteiger partial charge in [-0.1, -0.05) is 13.3 Å². The van der Waals surface area contributed by atoms with Crippen molar-refractivity contribution >= 4 is 18.6 Å². The van der Waals surface area contributed by atoms with Crippen LogP contribution in [-0.2, 0) is 4.79 Å². The highest BCUT2D eigenvalue weighted by Gasteiger charge is 2.09. The van der Waals surface area contributed by atoms with Gasteiger partial charge in [-0.2, -0.15) is 12.6 Å². The fourth-order valence-corrected chi connectivity index (χ4v) is 0.632. The van der Waals surface area contributed by atoms with E-state index >= 15 is 0 Å². The van der Waals surface area contributed by atoms with Gasteiger partial charge in [0, 0.05) is 0 Å². The van der Waals surface area contributed by atoms with E-state index in [4.69, 9.17) is 16.6 Å². The van der Waals surface area contributed by atoms with Crippen molar-refractivity contribution in [2.24, 2.45) is 11.5 Å². The summed E-state index contributed by atoms with van der Waals surface area (Å²) in [5.74, 6) is 0.0111. The lowest BCUT2D eigenvalue weighted by molar-refractivity contribution is -0.138. The van der Waals surface area contributed by atoms with Gasteiger partial charge in [-0.3, -0.25) is 4.79 Å². The Morgan fingerprint density at radius 3 is 2.31 bits per heavy atom. The molecule has 5 N–H and O–H groups in total. The Kier molecular flexibility index (Phi) is 13.7. The first-order valence-corrected chi connectivity index (χ1v) is 5.02. The summed E-state index contributed by atoms with van der Waals surface area (Å²) in [5.41, 5.74) is 10.4. The first-order chi connectivity index (χ1) is 6.09. The van der Waals surface area contributed by atoms with Crippen molar-refractivity contribution in [3.05, 3.63) is 0 Å². The molecule has 0 radical (unpaired) electrons. The number of aliphatic carboxylic acids is 1. The molecular formula is C8H20N2O2S. The zero-order chi connectivity index (χ0) is 10.7. The zero-order valence-electron chi connectivity index (χ0n) is 8.07. The lowest BCUT2D eigenvalue weighted by Crippen LogP contribution is -2.29. The number of hydrogen-bond acceptors (Lipinski definition) is 4. The van der Waals surface area contributed by atoms with Crippen molar-refractivity contribution in [1.29, 1.82) is 0 Å². The zero-order valence-corrected chi connectivity index (χ0v) is 8.96. The van der Waals surface area contributed by atoms with Crippen molar-refractivity contribution in [3.63, 3.8) is 0 Å². The molecule has 0 aliphatic heterocycles. The molecule has 0 aliphatic rings. The Balaban J connectivity index is 0. The average molecular weight is 208 g/mol. The van der Waals surface area contributed by atoms with Crippen molar-refractivity contribution in [3.8, 4) is 0 Å². The molecule has 0 heterocycles. The maximum atomic E-state index is 10.1. The van der Waals surface area contributed by atoms with Crippen LogP contribution >= 0.6 is 12.6 Å². The van der Waals surface area contributed by atoms with Crippen LogP contribution in [0.5, 0.6) is 0 Å². The average Bonchev–Trinajstić information content (AvgIpc) is 2.06.